The quantitative estimate of drug-likeness (QED) is 0.652. The van der Waals surface area contributed by atoms with E-state index in [-0.39, 0.29) is 18.2 Å². The van der Waals surface area contributed by atoms with Gasteiger partial charge in [-0.3, -0.25) is 14.7 Å². The minimum atomic E-state index is 0.0907. The number of ketones is 1. The van der Waals surface area contributed by atoms with Crippen molar-refractivity contribution in [1.82, 2.24) is 14.5 Å². The third-order valence-corrected chi connectivity index (χ3v) is 6.43. The summed E-state index contributed by atoms with van der Waals surface area (Å²) in [5, 5.41) is 1.36. The number of nitrogens with zero attached hydrogens (tertiary/aromatic N) is 3. The highest BCUT2D eigenvalue weighted by molar-refractivity contribution is 5.86. The number of carbonyl (C=O) groups is 1. The Bertz CT molecular complexity index is 1070. The van der Waals surface area contributed by atoms with Crippen molar-refractivity contribution in [2.75, 3.05) is 19.6 Å². The summed E-state index contributed by atoms with van der Waals surface area (Å²) in [6.07, 6.45) is 3.35. The molecule has 1 aliphatic heterocycles. The first-order valence-electron chi connectivity index (χ1n) is 11.0. The average molecular weight is 405 g/mol. The topological polar surface area (TPSA) is 64.2 Å². The highest BCUT2D eigenvalue weighted by Gasteiger charge is 2.26. The van der Waals surface area contributed by atoms with E-state index in [0.717, 1.165) is 43.9 Å². The van der Waals surface area contributed by atoms with Gasteiger partial charge < -0.3 is 10.3 Å². The molecule has 5 heteroatoms. The van der Waals surface area contributed by atoms with Crippen LogP contribution in [0.25, 0.3) is 10.9 Å². The van der Waals surface area contributed by atoms with Gasteiger partial charge in [-0.05, 0) is 55.8 Å². The van der Waals surface area contributed by atoms with E-state index in [1.807, 2.05) is 19.2 Å². The fourth-order valence-electron chi connectivity index (χ4n) is 4.79. The second kappa shape index (κ2) is 8.70. The zero-order chi connectivity index (χ0) is 21.3. The van der Waals surface area contributed by atoms with Crippen molar-refractivity contribution in [1.29, 1.82) is 0 Å². The Morgan fingerprint density at radius 3 is 2.80 bits per heavy atom. The molecule has 0 aliphatic carbocycles. The van der Waals surface area contributed by atoms with Crippen molar-refractivity contribution < 1.29 is 4.79 Å². The Labute approximate surface area is 178 Å². The van der Waals surface area contributed by atoms with Crippen molar-refractivity contribution in [3.63, 3.8) is 0 Å². The molecule has 3 aromatic rings. The van der Waals surface area contributed by atoms with Gasteiger partial charge in [-0.2, -0.15) is 0 Å². The Morgan fingerprint density at radius 1 is 1.23 bits per heavy atom. The van der Waals surface area contributed by atoms with Crippen LogP contribution in [0.15, 0.2) is 36.5 Å². The van der Waals surface area contributed by atoms with E-state index in [4.69, 9.17) is 5.73 Å². The molecule has 5 nitrogen and oxygen atoms in total. The number of benzene rings is 1. The van der Waals surface area contributed by atoms with Gasteiger partial charge in [-0.1, -0.05) is 18.6 Å². The summed E-state index contributed by atoms with van der Waals surface area (Å²) in [5.74, 6) is 0.195. The van der Waals surface area contributed by atoms with Crippen LogP contribution in [0, 0.1) is 13.8 Å². The number of aryl methyl sites for hydroxylation is 2. The maximum Gasteiger partial charge on any atom is 0.147 e. The van der Waals surface area contributed by atoms with Crippen molar-refractivity contribution in [3.8, 4) is 0 Å². The summed E-state index contributed by atoms with van der Waals surface area (Å²) in [6.45, 7) is 10.4. The molecule has 1 unspecified atom stereocenters. The van der Waals surface area contributed by atoms with Crippen LogP contribution in [-0.2, 0) is 24.3 Å². The first-order valence-corrected chi connectivity index (χ1v) is 11.0. The van der Waals surface area contributed by atoms with Gasteiger partial charge >= 0.3 is 0 Å². The van der Waals surface area contributed by atoms with Crippen LogP contribution in [0.2, 0.25) is 0 Å². The molecule has 1 atom stereocenters. The van der Waals surface area contributed by atoms with Crippen LogP contribution >= 0.6 is 0 Å². The van der Waals surface area contributed by atoms with Crippen LogP contribution in [-0.4, -0.2) is 39.9 Å². The lowest BCUT2D eigenvalue weighted by Crippen LogP contribution is -2.31. The molecule has 0 fully saturated rings. The van der Waals surface area contributed by atoms with Crippen LogP contribution in [0.1, 0.15) is 47.3 Å². The Hall–Kier alpha value is -2.50. The smallest absolute Gasteiger partial charge is 0.147 e. The number of hydrogen-bond donors (Lipinski definition) is 1. The van der Waals surface area contributed by atoms with E-state index < -0.39 is 0 Å². The maximum absolute atomic E-state index is 12.3. The lowest BCUT2D eigenvalue weighted by Gasteiger charge is -2.28. The van der Waals surface area contributed by atoms with E-state index in [2.05, 4.69) is 52.6 Å². The molecule has 1 aromatic carbocycles. The highest BCUT2D eigenvalue weighted by Crippen LogP contribution is 2.34. The molecule has 158 valence electrons. The van der Waals surface area contributed by atoms with Gasteiger partial charge in [0.2, 0.25) is 0 Å². The number of carbonyl (C=O) groups excluding carboxylic acids is 1. The molecule has 2 aromatic heterocycles. The molecule has 1 aliphatic rings. The molecular weight excluding hydrogens is 372 g/mol. The van der Waals surface area contributed by atoms with Gasteiger partial charge in [-0.25, -0.2) is 0 Å². The third kappa shape index (κ3) is 4.05. The molecule has 30 heavy (non-hydrogen) atoms. The zero-order valence-electron chi connectivity index (χ0n) is 18.3. The van der Waals surface area contributed by atoms with Crippen molar-refractivity contribution in [2.24, 2.45) is 5.73 Å². The third-order valence-electron chi connectivity index (χ3n) is 6.43. The lowest BCUT2D eigenvalue weighted by molar-refractivity contribution is -0.118. The Kier molecular flexibility index (Phi) is 6.02. The number of likely N-dealkylation sites (N-methyl/N-ethyl adjacent to an activating group) is 1. The normalized spacial score (nSPS) is 15.3. The molecule has 3 heterocycles. The van der Waals surface area contributed by atoms with E-state index in [0.29, 0.717) is 6.42 Å². The van der Waals surface area contributed by atoms with E-state index >= 15 is 0 Å². The lowest BCUT2D eigenvalue weighted by atomic mass is 9.93. The number of pyridine rings is 1. The molecule has 2 N–H and O–H groups in total. The van der Waals surface area contributed by atoms with E-state index in [9.17, 15) is 4.79 Å². The van der Waals surface area contributed by atoms with Gasteiger partial charge in [0.25, 0.3) is 0 Å². The van der Waals surface area contributed by atoms with Gasteiger partial charge in [0.1, 0.15) is 5.78 Å². The number of nitrogens with two attached hydrogens (primary N) is 1. The fraction of sp³-hybridized carbons (Fsp3) is 0.440. The molecule has 4 rings (SSSR count). The summed E-state index contributed by atoms with van der Waals surface area (Å²) in [7, 11) is 0. The van der Waals surface area contributed by atoms with Gasteiger partial charge in [0.05, 0.1) is 6.54 Å². The number of aromatic nitrogens is 2. The van der Waals surface area contributed by atoms with Crippen molar-refractivity contribution in [3.05, 3.63) is 64.6 Å². The molecule has 0 bridgehead atoms. The SMILES string of the molecule is CCN1CCc2c(c3cc(C)ccc3n2CC(CC(=O)CN)c2ccnc(C)c2)C1. The van der Waals surface area contributed by atoms with Crippen LogP contribution < -0.4 is 5.73 Å². The first-order chi connectivity index (χ1) is 14.5. The molecule has 0 amide bonds. The number of Topliss-reactive ketones (excluding diaryl/α,β-unsaturated/α-hetero) is 1. The number of fused-ring (bicyclic) bond motifs is 3. The molecule has 0 saturated heterocycles. The van der Waals surface area contributed by atoms with Crippen molar-refractivity contribution >= 4 is 16.7 Å². The predicted molar refractivity (Wildman–Crippen MR) is 122 cm³/mol. The summed E-state index contributed by atoms with van der Waals surface area (Å²) in [6, 6.07) is 10.9. The highest BCUT2D eigenvalue weighted by atomic mass is 16.1. The minimum Gasteiger partial charge on any atom is -0.344 e. The molecule has 0 radical (unpaired) electrons. The largest absolute Gasteiger partial charge is 0.344 e. The van der Waals surface area contributed by atoms with Crippen molar-refractivity contribution in [2.45, 2.75) is 52.6 Å². The molecule has 0 spiro atoms. The van der Waals surface area contributed by atoms with Crippen LogP contribution in [0.5, 0.6) is 0 Å². The summed E-state index contributed by atoms with van der Waals surface area (Å²) in [5.41, 5.74) is 13.3. The summed E-state index contributed by atoms with van der Waals surface area (Å²) >= 11 is 0. The second-order valence-corrected chi connectivity index (χ2v) is 8.55. The predicted octanol–water partition coefficient (Wildman–Crippen LogP) is 3.73. The monoisotopic (exact) mass is 404 g/mol. The maximum atomic E-state index is 12.3. The summed E-state index contributed by atoms with van der Waals surface area (Å²) < 4.78 is 2.47. The summed E-state index contributed by atoms with van der Waals surface area (Å²) in [4.78, 5) is 19.2. The number of rotatable bonds is 7. The van der Waals surface area contributed by atoms with E-state index in [1.165, 1.54) is 27.7 Å². The Morgan fingerprint density at radius 2 is 2.07 bits per heavy atom. The standard InChI is InChI=1S/C25H32N4O/c1-4-28-10-8-25-23(16-28)22-11-17(2)5-6-24(22)29(25)15-20(13-21(30)14-26)19-7-9-27-18(3)12-19/h5-7,9,11-12,20H,4,8,10,13-16,26H2,1-3H3. The molecule has 0 saturated carbocycles. The average Bonchev–Trinajstić information content (AvgIpc) is 3.05. The van der Waals surface area contributed by atoms with Crippen LogP contribution in [0.3, 0.4) is 0 Å². The van der Waals surface area contributed by atoms with Gasteiger partial charge in [0, 0.05) is 66.9 Å². The fourth-order valence-corrected chi connectivity index (χ4v) is 4.79. The minimum absolute atomic E-state index is 0.0907. The van der Waals surface area contributed by atoms with E-state index in [1.54, 1.807) is 0 Å². The second-order valence-electron chi connectivity index (χ2n) is 8.55. The van der Waals surface area contributed by atoms with Gasteiger partial charge in [-0.15, -0.1) is 0 Å². The first kappa shape index (κ1) is 20.8. The number of hydrogen-bond acceptors (Lipinski definition) is 4. The van der Waals surface area contributed by atoms with Gasteiger partial charge in [0.15, 0.2) is 0 Å². The van der Waals surface area contributed by atoms with Crippen LogP contribution in [0.4, 0.5) is 0 Å². The Balaban J connectivity index is 1.80. The molecular formula is C25H32N4O. The zero-order valence-corrected chi connectivity index (χ0v) is 18.3.